The Hall–Kier alpha value is -0.590. The van der Waals surface area contributed by atoms with Crippen molar-refractivity contribution in [3.8, 4) is 0 Å². The molecular formula is C8H13F. The molecule has 0 nitrogen and oxygen atoms in total. The second-order valence-corrected chi connectivity index (χ2v) is 1.98. The summed E-state index contributed by atoms with van der Waals surface area (Å²) in [6.07, 6.45) is 3.98. The van der Waals surface area contributed by atoms with E-state index in [0.29, 0.717) is 0 Å². The van der Waals surface area contributed by atoms with E-state index in [2.05, 4.69) is 0 Å². The molecule has 0 atom stereocenters. The highest BCUT2D eigenvalue weighted by Crippen LogP contribution is 2.09. The van der Waals surface area contributed by atoms with Gasteiger partial charge in [0.15, 0.2) is 0 Å². The van der Waals surface area contributed by atoms with Gasteiger partial charge in [-0.2, -0.15) is 0 Å². The van der Waals surface area contributed by atoms with Crippen molar-refractivity contribution in [3.63, 3.8) is 0 Å². The molecule has 0 fully saturated rings. The highest BCUT2D eigenvalue weighted by atomic mass is 19.1. The molecule has 0 aliphatic carbocycles. The minimum atomic E-state index is -0.0972. The van der Waals surface area contributed by atoms with Crippen molar-refractivity contribution in [1.82, 2.24) is 0 Å². The van der Waals surface area contributed by atoms with Gasteiger partial charge in [-0.1, -0.05) is 13.0 Å². The van der Waals surface area contributed by atoms with Crippen molar-refractivity contribution in [2.45, 2.75) is 27.2 Å². The van der Waals surface area contributed by atoms with E-state index in [1.807, 2.05) is 13.8 Å². The molecule has 0 heterocycles. The van der Waals surface area contributed by atoms with E-state index in [0.717, 1.165) is 12.0 Å². The molecule has 0 rings (SSSR count). The van der Waals surface area contributed by atoms with Crippen LogP contribution in [0.3, 0.4) is 0 Å². The predicted octanol–water partition coefficient (Wildman–Crippen LogP) is 3.22. The summed E-state index contributed by atoms with van der Waals surface area (Å²) in [4.78, 5) is 0. The Balaban J connectivity index is 4.10. The van der Waals surface area contributed by atoms with Crippen LogP contribution in [0.4, 0.5) is 4.39 Å². The van der Waals surface area contributed by atoms with Gasteiger partial charge in [0.1, 0.15) is 5.83 Å². The van der Waals surface area contributed by atoms with E-state index in [1.165, 1.54) is 6.08 Å². The summed E-state index contributed by atoms with van der Waals surface area (Å²) in [6.45, 7) is 5.55. The zero-order valence-electron chi connectivity index (χ0n) is 6.24. The zero-order valence-corrected chi connectivity index (χ0v) is 6.24. The molecule has 0 spiro atoms. The van der Waals surface area contributed by atoms with Gasteiger partial charge in [0, 0.05) is 0 Å². The molecule has 0 aliphatic heterocycles. The van der Waals surface area contributed by atoms with E-state index in [4.69, 9.17) is 0 Å². The number of hydrogen-bond acceptors (Lipinski definition) is 0. The van der Waals surface area contributed by atoms with E-state index >= 15 is 0 Å². The fourth-order valence-corrected chi connectivity index (χ4v) is 0.457. The maximum absolute atomic E-state index is 12.6. The monoisotopic (exact) mass is 128 g/mol. The first-order valence-electron chi connectivity index (χ1n) is 3.20. The Bertz CT molecular complexity index is 132. The average Bonchev–Trinajstić information content (AvgIpc) is 1.87. The van der Waals surface area contributed by atoms with Gasteiger partial charge >= 0.3 is 0 Å². The van der Waals surface area contributed by atoms with Gasteiger partial charge < -0.3 is 0 Å². The third-order valence-electron chi connectivity index (χ3n) is 1.25. The lowest BCUT2D eigenvalue weighted by Gasteiger charge is -1.92. The smallest absolute Gasteiger partial charge is 0.121 e. The first-order valence-corrected chi connectivity index (χ1v) is 3.20. The maximum atomic E-state index is 12.6. The molecule has 0 unspecified atom stereocenters. The lowest BCUT2D eigenvalue weighted by Crippen LogP contribution is -1.74. The summed E-state index contributed by atoms with van der Waals surface area (Å²) < 4.78 is 12.6. The number of rotatable bonds is 2. The van der Waals surface area contributed by atoms with Crippen molar-refractivity contribution in [2.75, 3.05) is 0 Å². The van der Waals surface area contributed by atoms with Crippen LogP contribution in [0.2, 0.25) is 0 Å². The average molecular weight is 128 g/mol. The van der Waals surface area contributed by atoms with Crippen LogP contribution < -0.4 is 0 Å². The van der Waals surface area contributed by atoms with Crippen LogP contribution in [0.5, 0.6) is 0 Å². The lowest BCUT2D eigenvalue weighted by molar-refractivity contribution is 0.648. The molecule has 0 amide bonds. The summed E-state index contributed by atoms with van der Waals surface area (Å²) in [5, 5.41) is 0. The molecule has 0 saturated carbocycles. The molecule has 0 aliphatic rings. The van der Waals surface area contributed by atoms with Gasteiger partial charge in [0.25, 0.3) is 0 Å². The molecule has 0 aromatic carbocycles. The Kier molecular flexibility index (Phi) is 4.02. The van der Waals surface area contributed by atoms with Gasteiger partial charge in [0.2, 0.25) is 0 Å². The van der Waals surface area contributed by atoms with Crippen LogP contribution in [0.15, 0.2) is 23.6 Å². The van der Waals surface area contributed by atoms with Crippen molar-refractivity contribution in [3.05, 3.63) is 23.6 Å². The van der Waals surface area contributed by atoms with E-state index in [9.17, 15) is 4.39 Å². The first-order chi connectivity index (χ1) is 4.22. The van der Waals surface area contributed by atoms with E-state index < -0.39 is 0 Å². The van der Waals surface area contributed by atoms with Crippen LogP contribution >= 0.6 is 0 Å². The van der Waals surface area contributed by atoms with Crippen molar-refractivity contribution in [2.24, 2.45) is 0 Å². The Morgan fingerprint density at radius 1 is 1.56 bits per heavy atom. The van der Waals surface area contributed by atoms with Crippen LogP contribution in [-0.4, -0.2) is 0 Å². The van der Waals surface area contributed by atoms with Crippen LogP contribution in [0.25, 0.3) is 0 Å². The summed E-state index contributed by atoms with van der Waals surface area (Å²) >= 11 is 0. The summed E-state index contributed by atoms with van der Waals surface area (Å²) in [5.74, 6) is -0.0972. The third kappa shape index (κ3) is 3.07. The molecular weight excluding hydrogens is 115 g/mol. The highest BCUT2D eigenvalue weighted by molar-refractivity contribution is 5.16. The molecule has 0 radical (unpaired) electrons. The van der Waals surface area contributed by atoms with Gasteiger partial charge in [0.05, 0.1) is 0 Å². The topological polar surface area (TPSA) is 0 Å². The standard InChI is InChI=1S/C8H13F/c1-4-6-8(9)7(3)5-2/h4,6H,5H2,1-3H3/b6-4-,8-7-. The van der Waals surface area contributed by atoms with Gasteiger partial charge in [-0.25, -0.2) is 4.39 Å². The van der Waals surface area contributed by atoms with Gasteiger partial charge in [-0.3, -0.25) is 0 Å². The summed E-state index contributed by atoms with van der Waals surface area (Å²) in [6, 6.07) is 0. The van der Waals surface area contributed by atoms with Gasteiger partial charge in [-0.15, -0.1) is 0 Å². The van der Waals surface area contributed by atoms with E-state index in [-0.39, 0.29) is 5.83 Å². The van der Waals surface area contributed by atoms with Crippen molar-refractivity contribution in [1.29, 1.82) is 0 Å². The van der Waals surface area contributed by atoms with Crippen LogP contribution in [0, 0.1) is 0 Å². The summed E-state index contributed by atoms with van der Waals surface area (Å²) in [5.41, 5.74) is 0.813. The Morgan fingerprint density at radius 3 is 2.44 bits per heavy atom. The number of halogens is 1. The Labute approximate surface area is 56.1 Å². The quantitative estimate of drug-likeness (QED) is 0.501. The fourth-order valence-electron chi connectivity index (χ4n) is 0.457. The number of hydrogen-bond donors (Lipinski definition) is 0. The van der Waals surface area contributed by atoms with Crippen LogP contribution in [-0.2, 0) is 0 Å². The minimum absolute atomic E-state index is 0.0972. The minimum Gasteiger partial charge on any atom is -0.207 e. The second kappa shape index (κ2) is 4.30. The molecule has 0 bridgehead atoms. The molecule has 52 valence electrons. The second-order valence-electron chi connectivity index (χ2n) is 1.98. The largest absolute Gasteiger partial charge is 0.207 e. The van der Waals surface area contributed by atoms with Crippen molar-refractivity contribution < 1.29 is 4.39 Å². The van der Waals surface area contributed by atoms with E-state index in [1.54, 1.807) is 13.0 Å². The zero-order chi connectivity index (χ0) is 7.28. The van der Waals surface area contributed by atoms with Gasteiger partial charge in [-0.05, 0) is 31.9 Å². The predicted molar refractivity (Wildman–Crippen MR) is 38.9 cm³/mol. The molecule has 9 heavy (non-hydrogen) atoms. The first kappa shape index (κ1) is 8.41. The molecule has 0 aromatic heterocycles. The molecule has 0 saturated heterocycles. The molecule has 1 heteroatoms. The normalized spacial score (nSPS) is 14.2. The number of allylic oxidation sites excluding steroid dienone is 4. The summed E-state index contributed by atoms with van der Waals surface area (Å²) in [7, 11) is 0. The lowest BCUT2D eigenvalue weighted by atomic mass is 10.2. The third-order valence-corrected chi connectivity index (χ3v) is 1.25. The molecule has 0 N–H and O–H groups in total. The van der Waals surface area contributed by atoms with Crippen molar-refractivity contribution >= 4 is 0 Å². The fraction of sp³-hybridized carbons (Fsp3) is 0.500. The van der Waals surface area contributed by atoms with Crippen LogP contribution in [0.1, 0.15) is 27.2 Å². The highest BCUT2D eigenvalue weighted by Gasteiger charge is 1.91. The molecule has 0 aromatic rings. The SMILES string of the molecule is C/C=C\C(F)=C(/C)CC. The Morgan fingerprint density at radius 2 is 2.11 bits per heavy atom. The maximum Gasteiger partial charge on any atom is 0.121 e.